The van der Waals surface area contributed by atoms with Crippen LogP contribution in [-0.2, 0) is 14.8 Å². The van der Waals surface area contributed by atoms with Gasteiger partial charge in [-0.1, -0.05) is 19.3 Å². The molecule has 138 valence electrons. The Kier molecular flexibility index (Phi) is 5.34. The zero-order chi connectivity index (χ0) is 18.0. The molecule has 0 bridgehead atoms. The highest BCUT2D eigenvalue weighted by Gasteiger charge is 2.36. The molecule has 1 aliphatic heterocycles. The van der Waals surface area contributed by atoms with Crippen molar-refractivity contribution in [3.05, 3.63) is 18.2 Å². The summed E-state index contributed by atoms with van der Waals surface area (Å²) in [5.41, 5.74) is 0.378. The zero-order valence-corrected chi connectivity index (χ0v) is 15.6. The van der Waals surface area contributed by atoms with Crippen molar-refractivity contribution in [2.75, 3.05) is 25.5 Å². The third kappa shape index (κ3) is 3.82. The monoisotopic (exact) mass is 366 g/mol. The number of benzene rings is 1. The van der Waals surface area contributed by atoms with Crippen LogP contribution in [0.1, 0.15) is 39.0 Å². The van der Waals surface area contributed by atoms with Gasteiger partial charge in [-0.3, -0.25) is 4.79 Å². The molecule has 1 saturated heterocycles. The van der Waals surface area contributed by atoms with E-state index in [-0.39, 0.29) is 10.8 Å². The van der Waals surface area contributed by atoms with E-state index in [1.165, 1.54) is 39.4 Å². The lowest BCUT2D eigenvalue weighted by Crippen LogP contribution is -2.44. The van der Waals surface area contributed by atoms with E-state index in [0.29, 0.717) is 36.4 Å². The van der Waals surface area contributed by atoms with Gasteiger partial charge in [0.25, 0.3) is 0 Å². The Bertz CT molecular complexity index is 747. The average Bonchev–Trinajstić information content (AvgIpc) is 2.60. The molecule has 1 aromatic rings. The van der Waals surface area contributed by atoms with E-state index in [1.54, 1.807) is 16.4 Å². The molecule has 1 N–H and O–H groups in total. The summed E-state index contributed by atoms with van der Waals surface area (Å²) >= 11 is 0. The first-order valence-corrected chi connectivity index (χ1v) is 10.3. The van der Waals surface area contributed by atoms with Gasteiger partial charge in [0.1, 0.15) is 5.75 Å². The molecule has 7 heteroatoms. The molecule has 25 heavy (non-hydrogen) atoms. The van der Waals surface area contributed by atoms with Crippen molar-refractivity contribution in [1.29, 1.82) is 0 Å². The van der Waals surface area contributed by atoms with Gasteiger partial charge in [-0.05, 0) is 42.9 Å². The summed E-state index contributed by atoms with van der Waals surface area (Å²) in [6.07, 6.45) is 5.76. The van der Waals surface area contributed by atoms with E-state index in [0.717, 1.165) is 12.8 Å². The number of anilines is 1. The number of fused-ring (bicyclic) bond motifs is 1. The van der Waals surface area contributed by atoms with Gasteiger partial charge in [0.2, 0.25) is 15.9 Å². The SMILES string of the molecule is COc1ccc(S(=O)(=O)N2CC[C@@H]3CCCC[C@@H]3C2)cc1NC(C)=O. The molecule has 2 aliphatic rings. The lowest BCUT2D eigenvalue weighted by atomic mass is 9.76. The first kappa shape index (κ1) is 18.2. The van der Waals surface area contributed by atoms with Crippen molar-refractivity contribution in [2.24, 2.45) is 11.8 Å². The summed E-state index contributed by atoms with van der Waals surface area (Å²) in [5.74, 6) is 1.33. The van der Waals surface area contributed by atoms with Crippen LogP contribution in [0.25, 0.3) is 0 Å². The van der Waals surface area contributed by atoms with E-state index >= 15 is 0 Å². The van der Waals surface area contributed by atoms with Gasteiger partial charge < -0.3 is 10.1 Å². The Balaban J connectivity index is 1.85. The fraction of sp³-hybridized carbons (Fsp3) is 0.611. The number of carbonyl (C=O) groups is 1. The molecule has 1 amide bonds. The topological polar surface area (TPSA) is 75.7 Å². The summed E-state index contributed by atoms with van der Waals surface area (Å²) in [6.45, 7) is 2.56. The molecule has 0 unspecified atom stereocenters. The second kappa shape index (κ2) is 7.33. The second-order valence-electron chi connectivity index (χ2n) is 7.00. The Hall–Kier alpha value is -1.60. The third-order valence-corrected chi connectivity index (χ3v) is 7.23. The molecular weight excluding hydrogens is 340 g/mol. The largest absolute Gasteiger partial charge is 0.495 e. The van der Waals surface area contributed by atoms with Crippen LogP contribution in [0, 0.1) is 11.8 Å². The Morgan fingerprint density at radius 1 is 1.20 bits per heavy atom. The average molecular weight is 366 g/mol. The van der Waals surface area contributed by atoms with Crippen molar-refractivity contribution >= 4 is 21.6 Å². The molecule has 2 atom stereocenters. The summed E-state index contributed by atoms with van der Waals surface area (Å²) in [7, 11) is -2.08. The quantitative estimate of drug-likeness (QED) is 0.889. The highest BCUT2D eigenvalue weighted by Crippen LogP contribution is 2.38. The van der Waals surface area contributed by atoms with E-state index in [2.05, 4.69) is 5.32 Å². The molecule has 1 aromatic carbocycles. The Labute approximate surface area is 149 Å². The molecule has 3 rings (SSSR count). The standard InChI is InChI=1S/C18H26N2O4S/c1-13(21)19-17-11-16(7-8-18(17)24-2)25(22,23)20-10-9-14-5-3-4-6-15(14)12-20/h7-8,11,14-15H,3-6,9-10,12H2,1-2H3,(H,19,21)/t14-,15+/m0/s1. The zero-order valence-electron chi connectivity index (χ0n) is 14.8. The summed E-state index contributed by atoms with van der Waals surface area (Å²) in [6, 6.07) is 4.63. The van der Waals surface area contributed by atoms with Gasteiger partial charge >= 0.3 is 0 Å². The third-order valence-electron chi connectivity index (χ3n) is 5.37. The van der Waals surface area contributed by atoms with E-state index in [4.69, 9.17) is 4.74 Å². The first-order valence-electron chi connectivity index (χ1n) is 8.87. The van der Waals surface area contributed by atoms with Gasteiger partial charge in [0.15, 0.2) is 0 Å². The molecule has 0 aromatic heterocycles. The van der Waals surface area contributed by atoms with Crippen molar-refractivity contribution in [3.63, 3.8) is 0 Å². The molecule has 1 heterocycles. The van der Waals surface area contributed by atoms with Gasteiger partial charge in [0.05, 0.1) is 17.7 Å². The van der Waals surface area contributed by atoms with Crippen molar-refractivity contribution in [2.45, 2.75) is 43.9 Å². The highest BCUT2D eigenvalue weighted by atomic mass is 32.2. The highest BCUT2D eigenvalue weighted by molar-refractivity contribution is 7.89. The minimum Gasteiger partial charge on any atom is -0.495 e. The van der Waals surface area contributed by atoms with Crippen molar-refractivity contribution < 1.29 is 17.9 Å². The summed E-state index contributed by atoms with van der Waals surface area (Å²) < 4.78 is 33.0. The molecule has 0 spiro atoms. The number of nitrogens with one attached hydrogen (secondary N) is 1. The maximum atomic E-state index is 13.1. The van der Waals surface area contributed by atoms with Crippen LogP contribution >= 0.6 is 0 Å². The molecule has 0 radical (unpaired) electrons. The van der Waals surface area contributed by atoms with E-state index < -0.39 is 10.0 Å². The maximum Gasteiger partial charge on any atom is 0.243 e. The minimum atomic E-state index is -3.57. The van der Waals surface area contributed by atoms with Gasteiger partial charge in [-0.2, -0.15) is 4.31 Å². The number of piperidine rings is 1. The molecule has 6 nitrogen and oxygen atoms in total. The number of sulfonamides is 1. The van der Waals surface area contributed by atoms with Gasteiger partial charge in [0, 0.05) is 20.0 Å². The smallest absolute Gasteiger partial charge is 0.243 e. The van der Waals surface area contributed by atoms with Crippen molar-refractivity contribution in [1.82, 2.24) is 4.31 Å². The first-order chi connectivity index (χ1) is 11.9. The number of methoxy groups -OCH3 is 1. The number of hydrogen-bond acceptors (Lipinski definition) is 4. The van der Waals surface area contributed by atoms with Crippen LogP contribution in [0.15, 0.2) is 23.1 Å². The maximum absolute atomic E-state index is 13.1. The Morgan fingerprint density at radius 2 is 1.92 bits per heavy atom. The molecule has 1 aliphatic carbocycles. The van der Waals surface area contributed by atoms with E-state index in [1.807, 2.05) is 0 Å². The normalized spacial score (nSPS) is 24.4. The van der Waals surface area contributed by atoms with Crippen LogP contribution in [-0.4, -0.2) is 38.8 Å². The van der Waals surface area contributed by atoms with Crippen LogP contribution in [0.4, 0.5) is 5.69 Å². The van der Waals surface area contributed by atoms with Crippen LogP contribution in [0.2, 0.25) is 0 Å². The lowest BCUT2D eigenvalue weighted by Gasteiger charge is -2.40. The van der Waals surface area contributed by atoms with E-state index in [9.17, 15) is 13.2 Å². The molecule has 2 fully saturated rings. The predicted molar refractivity (Wildman–Crippen MR) is 96.1 cm³/mol. The number of nitrogens with zero attached hydrogens (tertiary/aromatic N) is 1. The fourth-order valence-corrected chi connectivity index (χ4v) is 5.61. The van der Waals surface area contributed by atoms with Crippen LogP contribution in [0.5, 0.6) is 5.75 Å². The second-order valence-corrected chi connectivity index (χ2v) is 8.94. The van der Waals surface area contributed by atoms with Gasteiger partial charge in [-0.25, -0.2) is 8.42 Å². The molecular formula is C18H26N2O4S. The van der Waals surface area contributed by atoms with Crippen molar-refractivity contribution in [3.8, 4) is 5.75 Å². The number of ether oxygens (including phenoxy) is 1. The van der Waals surface area contributed by atoms with Crippen LogP contribution < -0.4 is 10.1 Å². The van der Waals surface area contributed by atoms with Crippen LogP contribution in [0.3, 0.4) is 0 Å². The summed E-state index contributed by atoms with van der Waals surface area (Å²) in [5, 5.41) is 2.64. The number of amides is 1. The molecule has 1 saturated carbocycles. The summed E-state index contributed by atoms with van der Waals surface area (Å²) in [4.78, 5) is 11.6. The predicted octanol–water partition coefficient (Wildman–Crippen LogP) is 2.85. The fourth-order valence-electron chi connectivity index (χ4n) is 4.07. The lowest BCUT2D eigenvalue weighted by molar-refractivity contribution is -0.114. The Morgan fingerprint density at radius 3 is 2.60 bits per heavy atom. The number of rotatable bonds is 4. The number of hydrogen-bond donors (Lipinski definition) is 1. The number of carbonyl (C=O) groups excluding carboxylic acids is 1. The van der Waals surface area contributed by atoms with Gasteiger partial charge in [-0.15, -0.1) is 0 Å². The minimum absolute atomic E-state index is 0.200.